The molecular formula is C21H18F3NO3S. The zero-order valence-electron chi connectivity index (χ0n) is 15.5. The standard InChI is InChI=1S/C21H18F3NO3S/c1-13-18(12-28-17-9-2-14(3-10-17)4-11-19(26)27)29-20(25-13)15-5-7-16(8-6-15)21(22,23)24/h2-3,5-10H,4,11-12H2,1H3,(H,26,27). The van der Waals surface area contributed by atoms with E-state index >= 15 is 0 Å². The molecule has 0 aliphatic carbocycles. The van der Waals surface area contributed by atoms with Crippen molar-refractivity contribution in [2.24, 2.45) is 0 Å². The van der Waals surface area contributed by atoms with Crippen molar-refractivity contribution >= 4 is 17.3 Å². The Labute approximate surface area is 169 Å². The minimum atomic E-state index is -4.36. The lowest BCUT2D eigenvalue weighted by Gasteiger charge is -2.06. The van der Waals surface area contributed by atoms with E-state index in [1.165, 1.54) is 23.5 Å². The van der Waals surface area contributed by atoms with Gasteiger partial charge in [0, 0.05) is 12.0 Å². The number of thiazole rings is 1. The van der Waals surface area contributed by atoms with Crippen molar-refractivity contribution in [3.05, 3.63) is 70.2 Å². The summed E-state index contributed by atoms with van der Waals surface area (Å²) in [7, 11) is 0. The molecule has 0 atom stereocenters. The van der Waals surface area contributed by atoms with Gasteiger partial charge in [-0.3, -0.25) is 4.79 Å². The van der Waals surface area contributed by atoms with Crippen molar-refractivity contribution < 1.29 is 27.8 Å². The minimum absolute atomic E-state index is 0.0764. The van der Waals surface area contributed by atoms with Crippen LogP contribution in [0.2, 0.25) is 0 Å². The molecule has 0 unspecified atom stereocenters. The lowest BCUT2D eigenvalue weighted by molar-refractivity contribution is -0.138. The number of benzene rings is 2. The van der Waals surface area contributed by atoms with Crippen LogP contribution in [0.15, 0.2) is 48.5 Å². The molecule has 8 heteroatoms. The van der Waals surface area contributed by atoms with Gasteiger partial charge in [0.1, 0.15) is 17.4 Å². The summed E-state index contributed by atoms with van der Waals surface area (Å²) < 4.78 is 43.9. The normalized spacial score (nSPS) is 11.4. The van der Waals surface area contributed by atoms with E-state index in [9.17, 15) is 18.0 Å². The molecular weight excluding hydrogens is 403 g/mol. The summed E-state index contributed by atoms with van der Waals surface area (Å²) in [4.78, 5) is 15.9. The molecule has 0 radical (unpaired) electrons. The summed E-state index contributed by atoms with van der Waals surface area (Å²) in [6.07, 6.45) is -3.83. The molecule has 0 aliphatic heterocycles. The van der Waals surface area contributed by atoms with Crippen molar-refractivity contribution in [3.63, 3.8) is 0 Å². The maximum atomic E-state index is 12.7. The first-order valence-electron chi connectivity index (χ1n) is 8.80. The molecule has 0 spiro atoms. The second kappa shape index (κ2) is 8.65. The SMILES string of the molecule is Cc1nc(-c2ccc(C(F)(F)F)cc2)sc1COc1ccc(CCC(=O)O)cc1. The van der Waals surface area contributed by atoms with E-state index in [4.69, 9.17) is 9.84 Å². The fourth-order valence-corrected chi connectivity index (χ4v) is 3.62. The Bertz CT molecular complexity index is 980. The van der Waals surface area contributed by atoms with Gasteiger partial charge in [-0.25, -0.2) is 4.98 Å². The van der Waals surface area contributed by atoms with Gasteiger partial charge < -0.3 is 9.84 Å². The Morgan fingerprint density at radius 2 is 1.76 bits per heavy atom. The van der Waals surface area contributed by atoms with Gasteiger partial charge in [0.15, 0.2) is 0 Å². The van der Waals surface area contributed by atoms with Crippen LogP contribution in [-0.4, -0.2) is 16.1 Å². The fraction of sp³-hybridized carbons (Fsp3) is 0.238. The summed E-state index contributed by atoms with van der Waals surface area (Å²) >= 11 is 1.38. The summed E-state index contributed by atoms with van der Waals surface area (Å²) in [5, 5.41) is 9.36. The van der Waals surface area contributed by atoms with E-state index in [0.29, 0.717) is 29.3 Å². The van der Waals surface area contributed by atoms with Crippen molar-refractivity contribution in [1.29, 1.82) is 0 Å². The third-order valence-electron chi connectivity index (χ3n) is 4.27. The van der Waals surface area contributed by atoms with E-state index in [-0.39, 0.29) is 6.42 Å². The van der Waals surface area contributed by atoms with Crippen molar-refractivity contribution in [2.75, 3.05) is 0 Å². The molecule has 0 aliphatic rings. The predicted octanol–water partition coefficient (Wildman–Crippen LogP) is 5.73. The van der Waals surface area contributed by atoms with Crippen LogP contribution in [-0.2, 0) is 24.0 Å². The number of alkyl halides is 3. The number of carboxylic acids is 1. The number of aliphatic carboxylic acids is 1. The molecule has 0 saturated heterocycles. The first kappa shape index (κ1) is 20.9. The smallest absolute Gasteiger partial charge is 0.416 e. The summed E-state index contributed by atoms with van der Waals surface area (Å²) in [6.45, 7) is 2.12. The Hall–Kier alpha value is -2.87. The monoisotopic (exact) mass is 421 g/mol. The number of carboxylic acid groups (broad SMARTS) is 1. The number of aryl methyl sites for hydroxylation is 2. The third kappa shape index (κ3) is 5.57. The van der Waals surface area contributed by atoms with Gasteiger partial charge >= 0.3 is 12.1 Å². The molecule has 3 rings (SSSR count). The number of halogens is 3. The van der Waals surface area contributed by atoms with Gasteiger partial charge in [-0.15, -0.1) is 11.3 Å². The zero-order chi connectivity index (χ0) is 21.0. The second-order valence-electron chi connectivity index (χ2n) is 6.43. The Balaban J connectivity index is 1.64. The van der Waals surface area contributed by atoms with Crippen LogP contribution in [0.3, 0.4) is 0 Å². The van der Waals surface area contributed by atoms with Crippen molar-refractivity contribution in [2.45, 2.75) is 32.5 Å². The molecule has 3 aromatic rings. The Kier molecular flexibility index (Phi) is 6.22. The fourth-order valence-electron chi connectivity index (χ4n) is 2.64. The summed E-state index contributed by atoms with van der Waals surface area (Å²) in [5.41, 5.74) is 1.62. The van der Waals surface area contributed by atoms with Gasteiger partial charge in [0.2, 0.25) is 0 Å². The van der Waals surface area contributed by atoms with Gasteiger partial charge in [-0.05, 0) is 43.2 Å². The van der Waals surface area contributed by atoms with Crippen LogP contribution in [0.25, 0.3) is 10.6 Å². The number of ether oxygens (including phenoxy) is 1. The van der Waals surface area contributed by atoms with Gasteiger partial charge in [-0.2, -0.15) is 13.2 Å². The predicted molar refractivity (Wildman–Crippen MR) is 104 cm³/mol. The van der Waals surface area contributed by atoms with Crippen molar-refractivity contribution in [1.82, 2.24) is 4.98 Å². The molecule has 29 heavy (non-hydrogen) atoms. The van der Waals surface area contributed by atoms with Crippen LogP contribution in [0, 0.1) is 6.92 Å². The van der Waals surface area contributed by atoms with E-state index in [0.717, 1.165) is 28.3 Å². The van der Waals surface area contributed by atoms with Crippen LogP contribution in [0.4, 0.5) is 13.2 Å². The Morgan fingerprint density at radius 3 is 2.34 bits per heavy atom. The maximum Gasteiger partial charge on any atom is 0.416 e. The highest BCUT2D eigenvalue weighted by Crippen LogP contribution is 2.33. The summed E-state index contributed by atoms with van der Waals surface area (Å²) in [6, 6.07) is 12.1. The largest absolute Gasteiger partial charge is 0.488 e. The topological polar surface area (TPSA) is 59.4 Å². The molecule has 152 valence electrons. The molecule has 0 saturated carbocycles. The third-order valence-corrected chi connectivity index (χ3v) is 5.45. The molecule has 0 fully saturated rings. The average molecular weight is 421 g/mol. The highest BCUT2D eigenvalue weighted by atomic mass is 32.1. The first-order chi connectivity index (χ1) is 13.7. The zero-order valence-corrected chi connectivity index (χ0v) is 16.3. The highest BCUT2D eigenvalue weighted by Gasteiger charge is 2.30. The number of carbonyl (C=O) groups is 1. The van der Waals surface area contributed by atoms with Gasteiger partial charge in [-0.1, -0.05) is 24.3 Å². The maximum absolute atomic E-state index is 12.7. The van der Waals surface area contributed by atoms with Crippen LogP contribution < -0.4 is 4.74 Å². The highest BCUT2D eigenvalue weighted by molar-refractivity contribution is 7.15. The number of aromatic nitrogens is 1. The molecule has 4 nitrogen and oxygen atoms in total. The number of hydrogen-bond acceptors (Lipinski definition) is 4. The van der Waals surface area contributed by atoms with E-state index in [1.807, 2.05) is 19.1 Å². The van der Waals surface area contributed by atoms with E-state index in [2.05, 4.69) is 4.98 Å². The Morgan fingerprint density at radius 1 is 1.10 bits per heavy atom. The molecule has 0 bridgehead atoms. The average Bonchev–Trinajstić information content (AvgIpc) is 3.05. The molecule has 1 N–H and O–H groups in total. The number of rotatable bonds is 7. The van der Waals surface area contributed by atoms with Crippen LogP contribution in [0.5, 0.6) is 5.75 Å². The summed E-state index contributed by atoms with van der Waals surface area (Å²) in [5.74, 6) is -0.192. The molecule has 2 aromatic carbocycles. The van der Waals surface area contributed by atoms with E-state index < -0.39 is 17.7 Å². The number of nitrogens with zero attached hydrogens (tertiary/aromatic N) is 1. The van der Waals surface area contributed by atoms with Crippen LogP contribution >= 0.6 is 11.3 Å². The lowest BCUT2D eigenvalue weighted by atomic mass is 10.1. The quantitative estimate of drug-likeness (QED) is 0.529. The van der Waals surface area contributed by atoms with E-state index in [1.54, 1.807) is 12.1 Å². The van der Waals surface area contributed by atoms with Gasteiger partial charge in [0.05, 0.1) is 16.1 Å². The van der Waals surface area contributed by atoms with Crippen LogP contribution in [0.1, 0.15) is 28.1 Å². The lowest BCUT2D eigenvalue weighted by Crippen LogP contribution is -2.03. The molecule has 1 heterocycles. The van der Waals surface area contributed by atoms with Gasteiger partial charge in [0.25, 0.3) is 0 Å². The first-order valence-corrected chi connectivity index (χ1v) is 9.61. The second-order valence-corrected chi connectivity index (χ2v) is 7.51. The minimum Gasteiger partial charge on any atom is -0.488 e. The molecule has 0 amide bonds. The number of hydrogen-bond donors (Lipinski definition) is 1. The molecule has 1 aromatic heterocycles. The van der Waals surface area contributed by atoms with Crippen molar-refractivity contribution in [3.8, 4) is 16.3 Å².